The first kappa shape index (κ1) is 19.5. The fourth-order valence-corrected chi connectivity index (χ4v) is 4.99. The van der Waals surface area contributed by atoms with Crippen LogP contribution in [0.25, 0.3) is 0 Å². The lowest BCUT2D eigenvalue weighted by molar-refractivity contribution is 0.195. The van der Waals surface area contributed by atoms with Gasteiger partial charge in [0.25, 0.3) is 0 Å². The van der Waals surface area contributed by atoms with Crippen LogP contribution < -0.4 is 4.90 Å². The highest BCUT2D eigenvalue weighted by Crippen LogP contribution is 2.36. The van der Waals surface area contributed by atoms with Crippen LogP contribution in [-0.2, 0) is 9.84 Å². The van der Waals surface area contributed by atoms with Gasteiger partial charge in [0, 0.05) is 5.69 Å². The summed E-state index contributed by atoms with van der Waals surface area (Å²) in [7, 11) is -3.99. The Bertz CT molecular complexity index is 924. The van der Waals surface area contributed by atoms with Gasteiger partial charge in [0.15, 0.2) is 15.2 Å². The molecule has 136 valence electrons. The molecular weight excluding hydrogens is 352 g/mol. The highest BCUT2D eigenvalue weighted by molar-refractivity contribution is 7.92. The molecule has 1 N–H and O–H groups in total. The molecule has 0 heterocycles. The van der Waals surface area contributed by atoms with Crippen LogP contribution in [0.15, 0.2) is 59.5 Å². The predicted molar refractivity (Wildman–Crippen MR) is 98.5 cm³/mol. The van der Waals surface area contributed by atoms with Gasteiger partial charge in [-0.2, -0.15) is 5.26 Å². The molecule has 1 unspecified atom stereocenters. The standard InChI is InChI=1S/C19H20N2O4S/c1-19(2,3)17(26(24,25)16-7-5-4-6-8-16)21(18(22)23)15-11-9-14(13-20)10-12-15/h4-12,17H,1-3H3,(H,22,23). The summed E-state index contributed by atoms with van der Waals surface area (Å²) in [5.41, 5.74) is -0.353. The van der Waals surface area contributed by atoms with E-state index in [9.17, 15) is 18.3 Å². The maximum Gasteiger partial charge on any atom is 0.412 e. The summed E-state index contributed by atoms with van der Waals surface area (Å²) in [6.45, 7) is 5.03. The first-order valence-corrected chi connectivity index (χ1v) is 9.45. The third-order valence-corrected chi connectivity index (χ3v) is 6.26. The molecule has 0 fully saturated rings. The average Bonchev–Trinajstić information content (AvgIpc) is 2.59. The van der Waals surface area contributed by atoms with Crippen molar-refractivity contribution in [3.8, 4) is 6.07 Å². The number of nitrogens with zero attached hydrogens (tertiary/aromatic N) is 2. The van der Waals surface area contributed by atoms with Crippen LogP contribution in [0, 0.1) is 16.7 Å². The largest absolute Gasteiger partial charge is 0.465 e. The molecule has 0 aliphatic heterocycles. The molecule has 26 heavy (non-hydrogen) atoms. The van der Waals surface area contributed by atoms with Crippen LogP contribution in [0.3, 0.4) is 0 Å². The monoisotopic (exact) mass is 372 g/mol. The minimum Gasteiger partial charge on any atom is -0.465 e. The lowest BCUT2D eigenvalue weighted by Gasteiger charge is -2.37. The summed E-state index contributed by atoms with van der Waals surface area (Å²) >= 11 is 0. The van der Waals surface area contributed by atoms with Crippen molar-refractivity contribution < 1.29 is 18.3 Å². The third-order valence-electron chi connectivity index (χ3n) is 3.82. The number of hydrogen-bond donors (Lipinski definition) is 1. The van der Waals surface area contributed by atoms with E-state index in [4.69, 9.17) is 5.26 Å². The van der Waals surface area contributed by atoms with Crippen LogP contribution in [0.2, 0.25) is 0 Å². The molecular formula is C19H20N2O4S. The van der Waals surface area contributed by atoms with Crippen molar-refractivity contribution in [2.75, 3.05) is 4.90 Å². The molecule has 0 radical (unpaired) electrons. The zero-order valence-electron chi connectivity index (χ0n) is 14.7. The summed E-state index contributed by atoms with van der Waals surface area (Å²) in [4.78, 5) is 12.9. The number of amides is 1. The molecule has 0 aromatic heterocycles. The predicted octanol–water partition coefficient (Wildman–Crippen LogP) is 3.89. The number of carboxylic acid groups (broad SMARTS) is 1. The van der Waals surface area contributed by atoms with Crippen molar-refractivity contribution in [1.29, 1.82) is 5.26 Å². The molecule has 2 rings (SSSR count). The summed E-state index contributed by atoms with van der Waals surface area (Å²) in [5.74, 6) is 0. The Kier molecular flexibility index (Phi) is 5.38. The van der Waals surface area contributed by atoms with Gasteiger partial charge in [-0.1, -0.05) is 39.0 Å². The molecule has 0 aliphatic carbocycles. The maximum atomic E-state index is 13.3. The van der Waals surface area contributed by atoms with E-state index in [-0.39, 0.29) is 10.6 Å². The van der Waals surface area contributed by atoms with Gasteiger partial charge in [0.2, 0.25) is 0 Å². The van der Waals surface area contributed by atoms with E-state index in [1.807, 2.05) is 6.07 Å². The van der Waals surface area contributed by atoms with Gasteiger partial charge in [-0.3, -0.25) is 4.90 Å². The van der Waals surface area contributed by atoms with E-state index in [2.05, 4.69) is 0 Å². The van der Waals surface area contributed by atoms with Gasteiger partial charge in [0.05, 0.1) is 16.5 Å². The average molecular weight is 372 g/mol. The fraction of sp³-hybridized carbons (Fsp3) is 0.263. The second-order valence-electron chi connectivity index (χ2n) is 6.89. The quantitative estimate of drug-likeness (QED) is 0.878. The molecule has 0 aliphatic rings. The molecule has 2 aromatic rings. The Morgan fingerprint density at radius 1 is 1.08 bits per heavy atom. The number of hydrogen-bond acceptors (Lipinski definition) is 4. The molecule has 0 saturated heterocycles. The van der Waals surface area contributed by atoms with E-state index >= 15 is 0 Å². The second kappa shape index (κ2) is 7.18. The van der Waals surface area contributed by atoms with Crippen LogP contribution in [0.1, 0.15) is 26.3 Å². The van der Waals surface area contributed by atoms with Crippen molar-refractivity contribution >= 4 is 21.6 Å². The first-order chi connectivity index (χ1) is 12.1. The lowest BCUT2D eigenvalue weighted by atomic mass is 9.95. The molecule has 1 atom stereocenters. The summed E-state index contributed by atoms with van der Waals surface area (Å²) in [5, 5.41) is 17.4. The van der Waals surface area contributed by atoms with Crippen LogP contribution in [0.4, 0.5) is 10.5 Å². The van der Waals surface area contributed by atoms with Gasteiger partial charge in [-0.05, 0) is 41.8 Å². The van der Waals surface area contributed by atoms with Gasteiger partial charge in [-0.25, -0.2) is 13.2 Å². The Morgan fingerprint density at radius 3 is 2.04 bits per heavy atom. The van der Waals surface area contributed by atoms with E-state index in [1.165, 1.54) is 36.4 Å². The van der Waals surface area contributed by atoms with Crippen LogP contribution in [0.5, 0.6) is 0 Å². The summed E-state index contributed by atoms with van der Waals surface area (Å²) in [6, 6.07) is 15.5. The highest BCUT2D eigenvalue weighted by Gasteiger charge is 2.44. The second-order valence-corrected chi connectivity index (χ2v) is 8.90. The molecule has 0 saturated carbocycles. The zero-order valence-corrected chi connectivity index (χ0v) is 15.6. The number of sulfone groups is 1. The van der Waals surface area contributed by atoms with Crippen molar-refractivity contribution in [3.05, 3.63) is 60.2 Å². The highest BCUT2D eigenvalue weighted by atomic mass is 32.2. The Hall–Kier alpha value is -2.85. The molecule has 2 aromatic carbocycles. The smallest absolute Gasteiger partial charge is 0.412 e. The van der Waals surface area contributed by atoms with Gasteiger partial charge < -0.3 is 5.11 Å². The van der Waals surface area contributed by atoms with Crippen molar-refractivity contribution in [2.45, 2.75) is 31.0 Å². The van der Waals surface area contributed by atoms with Crippen LogP contribution >= 0.6 is 0 Å². The lowest BCUT2D eigenvalue weighted by Crippen LogP contribution is -2.51. The zero-order chi connectivity index (χ0) is 19.5. The Morgan fingerprint density at radius 2 is 1.62 bits per heavy atom. The minimum absolute atomic E-state index is 0.0554. The number of anilines is 1. The molecule has 0 spiro atoms. The molecule has 7 heteroatoms. The summed E-state index contributed by atoms with van der Waals surface area (Å²) < 4.78 is 26.5. The number of carbonyl (C=O) groups is 1. The third kappa shape index (κ3) is 3.86. The normalized spacial score (nSPS) is 12.8. The molecule has 0 bridgehead atoms. The fourth-order valence-electron chi connectivity index (χ4n) is 2.77. The van der Waals surface area contributed by atoms with Gasteiger partial charge >= 0.3 is 6.09 Å². The van der Waals surface area contributed by atoms with E-state index in [0.29, 0.717) is 5.56 Å². The topological polar surface area (TPSA) is 98.5 Å². The van der Waals surface area contributed by atoms with Gasteiger partial charge in [-0.15, -0.1) is 0 Å². The van der Waals surface area contributed by atoms with Crippen molar-refractivity contribution in [2.24, 2.45) is 5.41 Å². The Labute approximate surface area is 153 Å². The minimum atomic E-state index is -3.99. The van der Waals surface area contributed by atoms with Crippen molar-refractivity contribution in [1.82, 2.24) is 0 Å². The number of rotatable bonds is 4. The Balaban J connectivity index is 2.66. The molecule has 1 amide bonds. The van der Waals surface area contributed by atoms with Gasteiger partial charge in [0.1, 0.15) is 0 Å². The number of nitriles is 1. The summed E-state index contributed by atoms with van der Waals surface area (Å²) in [6.07, 6.45) is -1.38. The number of benzene rings is 2. The van der Waals surface area contributed by atoms with Crippen LogP contribution in [-0.4, -0.2) is 25.0 Å². The molecule has 6 nitrogen and oxygen atoms in total. The van der Waals surface area contributed by atoms with E-state index in [0.717, 1.165) is 4.90 Å². The first-order valence-electron chi connectivity index (χ1n) is 7.90. The maximum absolute atomic E-state index is 13.3. The SMILES string of the molecule is CC(C)(C)C(N(C(=O)O)c1ccc(C#N)cc1)S(=O)(=O)c1ccccc1. The van der Waals surface area contributed by atoms with E-state index in [1.54, 1.807) is 39.0 Å². The van der Waals surface area contributed by atoms with Crippen molar-refractivity contribution in [3.63, 3.8) is 0 Å². The van der Waals surface area contributed by atoms with E-state index < -0.39 is 26.7 Å².